The summed E-state index contributed by atoms with van der Waals surface area (Å²) in [5, 5.41) is 3.35. The molecule has 0 spiro atoms. The number of hydrogen-bond acceptors (Lipinski definition) is 2. The van der Waals surface area contributed by atoms with E-state index in [9.17, 15) is 0 Å². The van der Waals surface area contributed by atoms with Crippen LogP contribution in [0.2, 0.25) is 0 Å². The standard InChI is InChI=1S/C13H14N2S/c1-8(2)15-11-6-4-3-5-9(11)13-12(15)10(14)7-16-13/h3-8H,14H2,1-2H3. The zero-order valence-corrected chi connectivity index (χ0v) is 10.2. The summed E-state index contributed by atoms with van der Waals surface area (Å²) < 4.78 is 3.64. The van der Waals surface area contributed by atoms with Gasteiger partial charge in [-0.3, -0.25) is 0 Å². The molecule has 0 saturated heterocycles. The summed E-state index contributed by atoms with van der Waals surface area (Å²) in [6, 6.07) is 8.94. The minimum absolute atomic E-state index is 0.430. The van der Waals surface area contributed by atoms with Gasteiger partial charge in [0, 0.05) is 16.8 Å². The molecule has 1 aromatic carbocycles. The van der Waals surface area contributed by atoms with E-state index in [1.807, 2.05) is 5.38 Å². The summed E-state index contributed by atoms with van der Waals surface area (Å²) in [6.07, 6.45) is 0. The van der Waals surface area contributed by atoms with Crippen LogP contribution in [0.1, 0.15) is 19.9 Å². The Balaban J connectivity index is 2.60. The van der Waals surface area contributed by atoms with Gasteiger partial charge in [-0.25, -0.2) is 0 Å². The van der Waals surface area contributed by atoms with Crippen molar-refractivity contribution < 1.29 is 0 Å². The van der Waals surface area contributed by atoms with Gasteiger partial charge in [0.15, 0.2) is 0 Å². The van der Waals surface area contributed by atoms with Crippen LogP contribution in [0.4, 0.5) is 5.69 Å². The smallest absolute Gasteiger partial charge is 0.0837 e. The van der Waals surface area contributed by atoms with E-state index in [0.717, 1.165) is 5.69 Å². The summed E-state index contributed by atoms with van der Waals surface area (Å²) in [5.74, 6) is 0. The van der Waals surface area contributed by atoms with Crippen molar-refractivity contribution in [3.63, 3.8) is 0 Å². The number of nitrogen functional groups attached to an aromatic ring is 1. The second-order valence-electron chi connectivity index (χ2n) is 4.35. The van der Waals surface area contributed by atoms with Crippen molar-refractivity contribution in [2.45, 2.75) is 19.9 Å². The number of benzene rings is 1. The Morgan fingerprint density at radius 2 is 2.00 bits per heavy atom. The normalized spacial score (nSPS) is 11.9. The first-order valence-electron chi connectivity index (χ1n) is 5.45. The van der Waals surface area contributed by atoms with Gasteiger partial charge >= 0.3 is 0 Å². The predicted molar refractivity (Wildman–Crippen MR) is 72.1 cm³/mol. The van der Waals surface area contributed by atoms with Crippen LogP contribution in [0.25, 0.3) is 21.1 Å². The highest BCUT2D eigenvalue weighted by molar-refractivity contribution is 7.18. The van der Waals surface area contributed by atoms with E-state index in [0.29, 0.717) is 6.04 Å². The summed E-state index contributed by atoms with van der Waals surface area (Å²) in [4.78, 5) is 0. The molecule has 0 aliphatic heterocycles. The molecule has 0 fully saturated rings. The van der Waals surface area contributed by atoms with Gasteiger partial charge in [0.1, 0.15) is 0 Å². The van der Waals surface area contributed by atoms with Gasteiger partial charge < -0.3 is 10.3 Å². The van der Waals surface area contributed by atoms with Crippen LogP contribution in [-0.4, -0.2) is 4.57 Å². The second kappa shape index (κ2) is 3.25. The maximum Gasteiger partial charge on any atom is 0.0837 e. The first-order chi connectivity index (χ1) is 7.70. The number of hydrogen-bond donors (Lipinski definition) is 1. The van der Waals surface area contributed by atoms with Crippen LogP contribution >= 0.6 is 11.3 Å². The fourth-order valence-electron chi connectivity index (χ4n) is 2.34. The van der Waals surface area contributed by atoms with Crippen molar-refractivity contribution in [2.24, 2.45) is 0 Å². The van der Waals surface area contributed by atoms with Crippen LogP contribution in [-0.2, 0) is 0 Å². The topological polar surface area (TPSA) is 30.9 Å². The molecule has 2 nitrogen and oxygen atoms in total. The van der Waals surface area contributed by atoms with Gasteiger partial charge in [0.05, 0.1) is 21.4 Å². The zero-order valence-electron chi connectivity index (χ0n) is 9.40. The van der Waals surface area contributed by atoms with Crippen molar-refractivity contribution in [1.29, 1.82) is 0 Å². The molecule has 3 aromatic rings. The summed E-state index contributed by atoms with van der Waals surface area (Å²) in [5.41, 5.74) is 9.44. The largest absolute Gasteiger partial charge is 0.396 e. The van der Waals surface area contributed by atoms with E-state index in [1.54, 1.807) is 11.3 Å². The minimum Gasteiger partial charge on any atom is -0.396 e. The molecular weight excluding hydrogens is 216 g/mol. The number of anilines is 1. The number of rotatable bonds is 1. The first-order valence-corrected chi connectivity index (χ1v) is 6.33. The van der Waals surface area contributed by atoms with Crippen molar-refractivity contribution in [2.75, 3.05) is 5.73 Å². The molecule has 0 aliphatic rings. The molecule has 0 atom stereocenters. The lowest BCUT2D eigenvalue weighted by Gasteiger charge is -2.11. The number of fused-ring (bicyclic) bond motifs is 3. The average molecular weight is 230 g/mol. The van der Waals surface area contributed by atoms with Crippen LogP contribution in [0, 0.1) is 0 Å². The number of thiophene rings is 1. The van der Waals surface area contributed by atoms with Crippen LogP contribution in [0.5, 0.6) is 0 Å². The number of aromatic nitrogens is 1. The van der Waals surface area contributed by atoms with E-state index in [1.165, 1.54) is 21.1 Å². The predicted octanol–water partition coefficient (Wildman–Crippen LogP) is 4.02. The van der Waals surface area contributed by atoms with Gasteiger partial charge in [0.25, 0.3) is 0 Å². The Kier molecular flexibility index (Phi) is 1.98. The van der Waals surface area contributed by atoms with Gasteiger partial charge in [-0.1, -0.05) is 18.2 Å². The summed E-state index contributed by atoms with van der Waals surface area (Å²) >= 11 is 1.74. The van der Waals surface area contributed by atoms with Crippen LogP contribution < -0.4 is 5.73 Å². The van der Waals surface area contributed by atoms with E-state index >= 15 is 0 Å². The van der Waals surface area contributed by atoms with Gasteiger partial charge in [-0.05, 0) is 19.9 Å². The molecular formula is C13H14N2S. The third-order valence-electron chi connectivity index (χ3n) is 2.96. The maximum atomic E-state index is 6.07. The van der Waals surface area contributed by atoms with Crippen molar-refractivity contribution in [3.05, 3.63) is 29.6 Å². The molecule has 3 rings (SSSR count). The first kappa shape index (κ1) is 9.73. The van der Waals surface area contributed by atoms with Crippen molar-refractivity contribution in [1.82, 2.24) is 4.57 Å². The Hall–Kier alpha value is -1.48. The molecule has 82 valence electrons. The summed E-state index contributed by atoms with van der Waals surface area (Å²) in [6.45, 7) is 4.39. The third kappa shape index (κ3) is 1.12. The van der Waals surface area contributed by atoms with Gasteiger partial charge in [-0.15, -0.1) is 11.3 Å². The Bertz CT molecular complexity index is 661. The monoisotopic (exact) mass is 230 g/mol. The van der Waals surface area contributed by atoms with E-state index in [2.05, 4.69) is 42.7 Å². The second-order valence-corrected chi connectivity index (χ2v) is 5.23. The molecule has 0 saturated carbocycles. The van der Waals surface area contributed by atoms with E-state index in [4.69, 9.17) is 5.73 Å². The molecule has 0 radical (unpaired) electrons. The molecule has 2 N–H and O–H groups in total. The highest BCUT2D eigenvalue weighted by atomic mass is 32.1. The maximum absolute atomic E-state index is 6.07. The van der Waals surface area contributed by atoms with Gasteiger partial charge in [-0.2, -0.15) is 0 Å². The Morgan fingerprint density at radius 3 is 2.75 bits per heavy atom. The zero-order chi connectivity index (χ0) is 11.3. The summed E-state index contributed by atoms with van der Waals surface area (Å²) in [7, 11) is 0. The third-order valence-corrected chi connectivity index (χ3v) is 3.98. The highest BCUT2D eigenvalue weighted by Gasteiger charge is 2.15. The average Bonchev–Trinajstić information content (AvgIpc) is 2.77. The van der Waals surface area contributed by atoms with Crippen LogP contribution in [0.3, 0.4) is 0 Å². The fourth-order valence-corrected chi connectivity index (χ4v) is 3.32. The number of para-hydroxylation sites is 1. The van der Waals surface area contributed by atoms with Gasteiger partial charge in [0.2, 0.25) is 0 Å². The highest BCUT2D eigenvalue weighted by Crippen LogP contribution is 2.38. The number of nitrogens with zero attached hydrogens (tertiary/aromatic N) is 1. The molecule has 2 heterocycles. The molecule has 2 aromatic heterocycles. The van der Waals surface area contributed by atoms with Crippen molar-refractivity contribution in [3.8, 4) is 0 Å². The lowest BCUT2D eigenvalue weighted by Crippen LogP contribution is -2.00. The van der Waals surface area contributed by atoms with Crippen LogP contribution in [0.15, 0.2) is 29.6 Å². The van der Waals surface area contributed by atoms with E-state index in [-0.39, 0.29) is 0 Å². The molecule has 0 unspecified atom stereocenters. The quantitative estimate of drug-likeness (QED) is 0.672. The molecule has 0 amide bonds. The van der Waals surface area contributed by atoms with Crippen molar-refractivity contribution >= 4 is 38.1 Å². The lowest BCUT2D eigenvalue weighted by molar-refractivity contribution is 0.643. The molecule has 0 aliphatic carbocycles. The minimum atomic E-state index is 0.430. The lowest BCUT2D eigenvalue weighted by atomic mass is 10.2. The van der Waals surface area contributed by atoms with E-state index < -0.39 is 0 Å². The molecule has 0 bridgehead atoms. The molecule has 16 heavy (non-hydrogen) atoms. The Labute approximate surface area is 98.3 Å². The Morgan fingerprint density at radius 1 is 1.25 bits per heavy atom. The SMILES string of the molecule is CC(C)n1c2ccccc2c2scc(N)c21. The fraction of sp³-hybridized carbons (Fsp3) is 0.231. The number of nitrogens with two attached hydrogens (primary N) is 1. The molecule has 3 heteroatoms.